The number of carbonyl (C=O) groups excluding carboxylic acids is 1. The van der Waals surface area contributed by atoms with Crippen molar-refractivity contribution in [2.45, 2.75) is 18.9 Å². The molecule has 1 aliphatic heterocycles. The van der Waals surface area contributed by atoms with E-state index in [0.29, 0.717) is 6.54 Å². The van der Waals surface area contributed by atoms with Gasteiger partial charge in [-0.05, 0) is 41.7 Å². The first-order valence-electron chi connectivity index (χ1n) is 8.03. The van der Waals surface area contributed by atoms with Gasteiger partial charge in [-0.15, -0.1) is 0 Å². The molecular weight excluding hydrogens is 286 g/mol. The number of aliphatic hydroxyl groups is 1. The van der Waals surface area contributed by atoms with Gasteiger partial charge in [-0.1, -0.05) is 48.5 Å². The van der Waals surface area contributed by atoms with E-state index >= 15 is 0 Å². The molecule has 118 valence electrons. The fourth-order valence-electron chi connectivity index (χ4n) is 2.88. The monoisotopic (exact) mass is 307 g/mol. The fourth-order valence-corrected chi connectivity index (χ4v) is 2.88. The molecule has 0 spiro atoms. The Kier molecular flexibility index (Phi) is 4.89. The minimum Gasteiger partial charge on any atom is -0.391 e. The number of likely N-dealkylation sites (tertiary alicyclic amines) is 1. The zero-order valence-corrected chi connectivity index (χ0v) is 13.1. The predicted octanol–water partition coefficient (Wildman–Crippen LogP) is 3.35. The molecule has 3 nitrogen and oxygen atoms in total. The standard InChI is InChI=1S/C20H21NO2/c22-19-10-5-13-21(15-19)20(23)12-11-16-6-4-9-18(14-16)17-7-2-1-3-8-17/h1-4,6-9,11-12,14,19,22H,5,10,13,15H2/b12-11+. The lowest BCUT2D eigenvalue weighted by molar-refractivity contribution is -0.128. The number of rotatable bonds is 3. The van der Waals surface area contributed by atoms with Crippen LogP contribution >= 0.6 is 0 Å². The second-order valence-corrected chi connectivity index (χ2v) is 5.91. The highest BCUT2D eigenvalue weighted by atomic mass is 16.3. The lowest BCUT2D eigenvalue weighted by Gasteiger charge is -2.29. The summed E-state index contributed by atoms with van der Waals surface area (Å²) in [6.07, 6.45) is 4.71. The first-order chi connectivity index (χ1) is 11.2. The summed E-state index contributed by atoms with van der Waals surface area (Å²) in [6, 6.07) is 18.3. The maximum atomic E-state index is 12.2. The van der Waals surface area contributed by atoms with Crippen LogP contribution in [-0.4, -0.2) is 35.1 Å². The molecule has 0 saturated carbocycles. The van der Waals surface area contributed by atoms with E-state index in [0.717, 1.165) is 36.1 Å². The van der Waals surface area contributed by atoms with Crippen LogP contribution in [0.5, 0.6) is 0 Å². The van der Waals surface area contributed by atoms with Crippen molar-refractivity contribution in [3.05, 3.63) is 66.2 Å². The molecule has 1 heterocycles. The molecule has 1 aliphatic rings. The Morgan fingerprint density at radius 3 is 2.65 bits per heavy atom. The quantitative estimate of drug-likeness (QED) is 0.883. The Bertz CT molecular complexity index is 694. The number of carbonyl (C=O) groups is 1. The minimum atomic E-state index is -0.387. The van der Waals surface area contributed by atoms with Gasteiger partial charge in [-0.3, -0.25) is 4.79 Å². The third kappa shape index (κ3) is 4.08. The summed E-state index contributed by atoms with van der Waals surface area (Å²) in [5, 5.41) is 9.66. The lowest BCUT2D eigenvalue weighted by Crippen LogP contribution is -2.41. The van der Waals surface area contributed by atoms with Crippen molar-refractivity contribution in [2.75, 3.05) is 13.1 Å². The number of benzene rings is 2. The van der Waals surface area contributed by atoms with E-state index < -0.39 is 0 Å². The van der Waals surface area contributed by atoms with Crippen LogP contribution in [0.15, 0.2) is 60.7 Å². The largest absolute Gasteiger partial charge is 0.391 e. The number of aliphatic hydroxyl groups excluding tert-OH is 1. The third-order valence-electron chi connectivity index (χ3n) is 4.12. The molecule has 0 aromatic heterocycles. The molecule has 1 unspecified atom stereocenters. The van der Waals surface area contributed by atoms with Crippen LogP contribution < -0.4 is 0 Å². The molecule has 0 radical (unpaired) electrons. The second kappa shape index (κ2) is 7.25. The topological polar surface area (TPSA) is 40.5 Å². The Morgan fingerprint density at radius 2 is 1.87 bits per heavy atom. The van der Waals surface area contributed by atoms with E-state index in [-0.39, 0.29) is 12.0 Å². The third-order valence-corrected chi connectivity index (χ3v) is 4.12. The van der Waals surface area contributed by atoms with E-state index in [1.165, 1.54) is 0 Å². The van der Waals surface area contributed by atoms with Crippen LogP contribution in [0.1, 0.15) is 18.4 Å². The number of β-amino-alcohol motifs (C(OH)–C–C–N with tert-alkyl or cyclic N) is 1. The molecular formula is C20H21NO2. The SMILES string of the molecule is O=C(/C=C/c1cccc(-c2ccccc2)c1)N1CCCC(O)C1. The number of hydrogen-bond acceptors (Lipinski definition) is 2. The first-order valence-corrected chi connectivity index (χ1v) is 8.03. The van der Waals surface area contributed by atoms with E-state index in [9.17, 15) is 9.90 Å². The van der Waals surface area contributed by atoms with Crippen molar-refractivity contribution >= 4 is 12.0 Å². The number of amides is 1. The molecule has 1 atom stereocenters. The van der Waals surface area contributed by atoms with Crippen molar-refractivity contribution < 1.29 is 9.90 Å². The van der Waals surface area contributed by atoms with Gasteiger partial charge in [0.2, 0.25) is 5.91 Å². The van der Waals surface area contributed by atoms with Crippen molar-refractivity contribution in [3.63, 3.8) is 0 Å². The molecule has 23 heavy (non-hydrogen) atoms. The van der Waals surface area contributed by atoms with Crippen LogP contribution in [0.3, 0.4) is 0 Å². The summed E-state index contributed by atoms with van der Waals surface area (Å²) in [7, 11) is 0. The number of hydrogen-bond donors (Lipinski definition) is 1. The van der Waals surface area contributed by atoms with Crippen LogP contribution in [0.4, 0.5) is 0 Å². The van der Waals surface area contributed by atoms with Crippen molar-refractivity contribution in [2.24, 2.45) is 0 Å². The average molecular weight is 307 g/mol. The van der Waals surface area contributed by atoms with Gasteiger partial charge in [0.1, 0.15) is 0 Å². The summed E-state index contributed by atoms with van der Waals surface area (Å²) in [5.41, 5.74) is 3.29. The molecule has 3 rings (SSSR count). The summed E-state index contributed by atoms with van der Waals surface area (Å²) >= 11 is 0. The van der Waals surface area contributed by atoms with Gasteiger partial charge < -0.3 is 10.0 Å². The van der Waals surface area contributed by atoms with E-state index in [1.54, 1.807) is 11.0 Å². The van der Waals surface area contributed by atoms with Crippen LogP contribution in [0.25, 0.3) is 17.2 Å². The Balaban J connectivity index is 1.71. The molecule has 0 aliphatic carbocycles. The molecule has 0 bridgehead atoms. The lowest BCUT2D eigenvalue weighted by atomic mass is 10.0. The average Bonchev–Trinajstić information content (AvgIpc) is 2.61. The van der Waals surface area contributed by atoms with Crippen molar-refractivity contribution in [1.29, 1.82) is 0 Å². The Labute approximate surface area is 136 Å². The maximum absolute atomic E-state index is 12.2. The Morgan fingerprint density at radius 1 is 1.09 bits per heavy atom. The van der Waals surface area contributed by atoms with Crippen LogP contribution in [-0.2, 0) is 4.79 Å². The minimum absolute atomic E-state index is 0.0335. The van der Waals surface area contributed by atoms with Gasteiger partial charge in [0.05, 0.1) is 6.10 Å². The highest BCUT2D eigenvalue weighted by Crippen LogP contribution is 2.20. The van der Waals surface area contributed by atoms with Crippen molar-refractivity contribution in [1.82, 2.24) is 4.90 Å². The summed E-state index contributed by atoms with van der Waals surface area (Å²) in [6.45, 7) is 1.16. The van der Waals surface area contributed by atoms with Crippen molar-refractivity contribution in [3.8, 4) is 11.1 Å². The van der Waals surface area contributed by atoms with E-state index in [2.05, 4.69) is 24.3 Å². The summed E-state index contributed by atoms with van der Waals surface area (Å²) < 4.78 is 0. The maximum Gasteiger partial charge on any atom is 0.246 e. The fraction of sp³-hybridized carbons (Fsp3) is 0.250. The summed E-state index contributed by atoms with van der Waals surface area (Å²) in [4.78, 5) is 13.9. The van der Waals surface area contributed by atoms with Gasteiger partial charge >= 0.3 is 0 Å². The summed E-state index contributed by atoms with van der Waals surface area (Å²) in [5.74, 6) is -0.0335. The second-order valence-electron chi connectivity index (χ2n) is 5.91. The van der Waals surface area contributed by atoms with Gasteiger partial charge in [-0.25, -0.2) is 0 Å². The zero-order valence-electron chi connectivity index (χ0n) is 13.1. The molecule has 1 fully saturated rings. The Hall–Kier alpha value is -2.39. The highest BCUT2D eigenvalue weighted by Gasteiger charge is 2.20. The predicted molar refractivity (Wildman–Crippen MR) is 92.7 cm³/mol. The molecule has 1 N–H and O–H groups in total. The van der Waals surface area contributed by atoms with E-state index in [4.69, 9.17) is 0 Å². The number of nitrogens with zero attached hydrogens (tertiary/aromatic N) is 1. The zero-order chi connectivity index (χ0) is 16.1. The van der Waals surface area contributed by atoms with Gasteiger partial charge in [0, 0.05) is 19.2 Å². The van der Waals surface area contributed by atoms with Gasteiger partial charge in [0.25, 0.3) is 0 Å². The molecule has 3 heteroatoms. The van der Waals surface area contributed by atoms with Crippen LogP contribution in [0.2, 0.25) is 0 Å². The van der Waals surface area contributed by atoms with E-state index in [1.807, 2.05) is 36.4 Å². The molecule has 1 amide bonds. The van der Waals surface area contributed by atoms with Crippen LogP contribution in [0, 0.1) is 0 Å². The molecule has 2 aromatic carbocycles. The molecule has 2 aromatic rings. The normalized spacial score (nSPS) is 18.3. The van der Waals surface area contributed by atoms with Gasteiger partial charge in [-0.2, -0.15) is 0 Å². The number of piperidine rings is 1. The van der Waals surface area contributed by atoms with Gasteiger partial charge in [0.15, 0.2) is 0 Å². The highest BCUT2D eigenvalue weighted by molar-refractivity contribution is 5.92. The smallest absolute Gasteiger partial charge is 0.246 e. The molecule has 1 saturated heterocycles. The first kappa shape index (κ1) is 15.5.